The molecule has 2 aliphatic rings. The molecule has 0 spiro atoms. The van der Waals surface area contributed by atoms with Crippen molar-refractivity contribution in [3.8, 4) is 0 Å². The van der Waals surface area contributed by atoms with E-state index >= 15 is 0 Å². The molecule has 3 rings (SSSR count). The second-order valence-electron chi connectivity index (χ2n) is 6.24. The van der Waals surface area contributed by atoms with Crippen LogP contribution in [-0.2, 0) is 19.0 Å². The number of fused-ring (bicyclic) bond motifs is 1. The zero-order chi connectivity index (χ0) is 19.4. The van der Waals surface area contributed by atoms with E-state index in [0.29, 0.717) is 29.2 Å². The van der Waals surface area contributed by atoms with Crippen LogP contribution in [0.5, 0.6) is 0 Å². The van der Waals surface area contributed by atoms with E-state index in [4.69, 9.17) is 25.8 Å². The van der Waals surface area contributed by atoms with Crippen LogP contribution < -0.4 is 10.6 Å². The Labute approximate surface area is 162 Å². The molecule has 0 saturated carbocycles. The summed E-state index contributed by atoms with van der Waals surface area (Å²) < 4.78 is 15.8. The molecule has 1 aliphatic carbocycles. The number of esters is 1. The maximum Gasteiger partial charge on any atom is 0.337 e. The predicted octanol–water partition coefficient (Wildman–Crippen LogP) is 3.08. The average molecular weight is 393 g/mol. The second kappa shape index (κ2) is 8.45. The van der Waals surface area contributed by atoms with Crippen LogP contribution in [0, 0.1) is 11.8 Å². The Bertz CT molecular complexity index is 792. The minimum atomic E-state index is -0.523. The quantitative estimate of drug-likeness (QED) is 0.594. The highest BCUT2D eigenvalue weighted by atomic mass is 35.5. The van der Waals surface area contributed by atoms with E-state index in [2.05, 4.69) is 10.6 Å². The Morgan fingerprint density at radius 3 is 2.78 bits per heavy atom. The standard InChI is InChI=1S/C19H21ClN2O5/c1-25-17(23)13-10-27-18(26-2)16-11(7-8-12(13)16)9-21-19(24)22-15-6-4-3-5-14(15)20/h3-7,10,12,16,18H,8-9H2,1-2H3,(H2,21,22,24)/t12-,16-,18-/m1/s1. The first kappa shape index (κ1) is 19.3. The summed E-state index contributed by atoms with van der Waals surface area (Å²) in [5.74, 6) is -0.687. The summed E-state index contributed by atoms with van der Waals surface area (Å²) >= 11 is 6.05. The summed E-state index contributed by atoms with van der Waals surface area (Å²) in [6.45, 7) is 0.301. The Kier molecular flexibility index (Phi) is 6.03. The molecule has 2 amide bonds. The zero-order valence-electron chi connectivity index (χ0n) is 15.0. The van der Waals surface area contributed by atoms with Crippen LogP contribution in [0.3, 0.4) is 0 Å². The lowest BCUT2D eigenvalue weighted by atomic mass is 9.83. The van der Waals surface area contributed by atoms with Gasteiger partial charge in [-0.2, -0.15) is 0 Å². The molecule has 3 atom stereocenters. The van der Waals surface area contributed by atoms with Crippen molar-refractivity contribution in [1.82, 2.24) is 5.32 Å². The number of carbonyl (C=O) groups is 2. The number of para-hydroxylation sites is 1. The van der Waals surface area contributed by atoms with E-state index in [1.165, 1.54) is 13.4 Å². The van der Waals surface area contributed by atoms with E-state index < -0.39 is 12.3 Å². The number of hydrogen-bond acceptors (Lipinski definition) is 5. The average Bonchev–Trinajstić information content (AvgIpc) is 3.11. The van der Waals surface area contributed by atoms with E-state index in [1.54, 1.807) is 31.4 Å². The van der Waals surface area contributed by atoms with Crippen LogP contribution in [0.15, 0.2) is 47.7 Å². The molecule has 8 heteroatoms. The molecule has 2 N–H and O–H groups in total. The van der Waals surface area contributed by atoms with Crippen LogP contribution in [0.1, 0.15) is 6.42 Å². The van der Waals surface area contributed by atoms with Crippen molar-refractivity contribution in [2.24, 2.45) is 11.8 Å². The molecule has 7 nitrogen and oxygen atoms in total. The molecule has 1 heterocycles. The van der Waals surface area contributed by atoms with Gasteiger partial charge in [0.05, 0.1) is 35.6 Å². The second-order valence-corrected chi connectivity index (χ2v) is 6.65. The molecule has 27 heavy (non-hydrogen) atoms. The van der Waals surface area contributed by atoms with Crippen molar-refractivity contribution in [3.63, 3.8) is 0 Å². The summed E-state index contributed by atoms with van der Waals surface area (Å²) in [6, 6.07) is 6.62. The number of urea groups is 1. The number of hydrogen-bond donors (Lipinski definition) is 2. The first-order valence-corrected chi connectivity index (χ1v) is 8.88. The minimum absolute atomic E-state index is 0.0976. The predicted molar refractivity (Wildman–Crippen MR) is 100 cm³/mol. The Balaban J connectivity index is 1.64. The number of carbonyl (C=O) groups excluding carboxylic acids is 2. The monoisotopic (exact) mass is 392 g/mol. The van der Waals surface area contributed by atoms with Gasteiger partial charge in [0.2, 0.25) is 6.29 Å². The number of ether oxygens (including phenoxy) is 3. The van der Waals surface area contributed by atoms with Gasteiger partial charge in [0.1, 0.15) is 0 Å². The number of amides is 2. The van der Waals surface area contributed by atoms with E-state index in [1.807, 2.05) is 6.08 Å². The number of nitrogens with one attached hydrogen (secondary N) is 2. The van der Waals surface area contributed by atoms with E-state index in [9.17, 15) is 9.59 Å². The lowest BCUT2D eigenvalue weighted by molar-refractivity contribution is -0.146. The fourth-order valence-electron chi connectivity index (χ4n) is 3.44. The van der Waals surface area contributed by atoms with Crippen LogP contribution in [-0.4, -0.2) is 39.1 Å². The molecular formula is C19H21ClN2O5. The highest BCUT2D eigenvalue weighted by Crippen LogP contribution is 2.43. The van der Waals surface area contributed by atoms with Crippen molar-refractivity contribution >= 4 is 29.3 Å². The molecule has 1 aliphatic heterocycles. The van der Waals surface area contributed by atoms with Gasteiger partial charge in [-0.1, -0.05) is 29.8 Å². The van der Waals surface area contributed by atoms with Crippen LogP contribution in [0.25, 0.3) is 0 Å². The van der Waals surface area contributed by atoms with Crippen LogP contribution >= 0.6 is 11.6 Å². The third-order valence-corrected chi connectivity index (χ3v) is 5.08. The first-order valence-electron chi connectivity index (χ1n) is 8.50. The lowest BCUT2D eigenvalue weighted by Gasteiger charge is -2.34. The fraction of sp³-hybridized carbons (Fsp3) is 0.368. The topological polar surface area (TPSA) is 85.9 Å². The number of allylic oxidation sites excluding steroid dienone is 1. The Morgan fingerprint density at radius 2 is 2.07 bits per heavy atom. The number of methoxy groups -OCH3 is 2. The summed E-state index contributed by atoms with van der Waals surface area (Å²) in [5.41, 5.74) is 1.94. The number of benzene rings is 1. The normalized spacial score (nSPS) is 23.4. The van der Waals surface area contributed by atoms with Gasteiger partial charge in [0.25, 0.3) is 0 Å². The third kappa shape index (κ3) is 4.09. The zero-order valence-corrected chi connectivity index (χ0v) is 15.8. The van der Waals surface area contributed by atoms with Crippen molar-refractivity contribution in [2.75, 3.05) is 26.1 Å². The van der Waals surface area contributed by atoms with Crippen molar-refractivity contribution < 1.29 is 23.8 Å². The molecule has 144 valence electrons. The molecule has 0 bridgehead atoms. The molecule has 0 aromatic heterocycles. The van der Waals surface area contributed by atoms with Crippen molar-refractivity contribution in [2.45, 2.75) is 12.7 Å². The molecular weight excluding hydrogens is 372 g/mol. The maximum absolute atomic E-state index is 12.2. The largest absolute Gasteiger partial charge is 0.471 e. The highest BCUT2D eigenvalue weighted by Gasteiger charge is 2.44. The van der Waals surface area contributed by atoms with E-state index in [-0.39, 0.29) is 17.9 Å². The van der Waals surface area contributed by atoms with Crippen LogP contribution in [0.4, 0.5) is 10.5 Å². The van der Waals surface area contributed by atoms with Gasteiger partial charge < -0.3 is 24.8 Å². The number of rotatable bonds is 5. The summed E-state index contributed by atoms with van der Waals surface area (Å²) in [7, 11) is 2.89. The summed E-state index contributed by atoms with van der Waals surface area (Å²) in [6.07, 6.45) is 3.54. The van der Waals surface area contributed by atoms with Gasteiger partial charge in [-0.25, -0.2) is 9.59 Å². The summed E-state index contributed by atoms with van der Waals surface area (Å²) in [4.78, 5) is 24.2. The van der Waals surface area contributed by atoms with Gasteiger partial charge in [-0.05, 0) is 24.1 Å². The minimum Gasteiger partial charge on any atom is -0.471 e. The van der Waals surface area contributed by atoms with Gasteiger partial charge in [-0.15, -0.1) is 0 Å². The molecule has 0 fully saturated rings. The van der Waals surface area contributed by atoms with Crippen LogP contribution in [0.2, 0.25) is 5.02 Å². The van der Waals surface area contributed by atoms with Gasteiger partial charge in [0, 0.05) is 19.6 Å². The smallest absolute Gasteiger partial charge is 0.337 e. The Hall–Kier alpha value is -2.51. The molecule has 0 unspecified atom stereocenters. The molecule has 0 radical (unpaired) electrons. The fourth-order valence-corrected chi connectivity index (χ4v) is 3.62. The summed E-state index contributed by atoms with van der Waals surface area (Å²) in [5, 5.41) is 5.98. The van der Waals surface area contributed by atoms with Gasteiger partial charge >= 0.3 is 12.0 Å². The van der Waals surface area contributed by atoms with Gasteiger partial charge in [0.15, 0.2) is 0 Å². The van der Waals surface area contributed by atoms with Crippen molar-refractivity contribution in [1.29, 1.82) is 0 Å². The SMILES string of the molecule is COC(=O)C1=CO[C@@H](OC)[C@@H]2C(CNC(=O)Nc3ccccc3Cl)=CC[C@H]12. The number of anilines is 1. The lowest BCUT2D eigenvalue weighted by Crippen LogP contribution is -2.39. The Morgan fingerprint density at radius 1 is 1.30 bits per heavy atom. The third-order valence-electron chi connectivity index (χ3n) is 4.75. The first-order chi connectivity index (χ1) is 13.0. The molecule has 0 saturated heterocycles. The highest BCUT2D eigenvalue weighted by molar-refractivity contribution is 6.33. The van der Waals surface area contributed by atoms with Crippen molar-refractivity contribution in [3.05, 3.63) is 52.8 Å². The van der Waals surface area contributed by atoms with Gasteiger partial charge in [-0.3, -0.25) is 0 Å². The van der Waals surface area contributed by atoms with E-state index in [0.717, 1.165) is 5.57 Å². The molecule has 1 aromatic carbocycles. The molecule has 1 aromatic rings. The number of halogens is 1. The maximum atomic E-state index is 12.2.